The summed E-state index contributed by atoms with van der Waals surface area (Å²) >= 11 is 0. The summed E-state index contributed by atoms with van der Waals surface area (Å²) in [5.74, 6) is -2.70. The van der Waals surface area contributed by atoms with E-state index in [1.807, 2.05) is 0 Å². The number of rotatable bonds is 5. The maximum Gasteiger partial charge on any atom is 0.416 e. The summed E-state index contributed by atoms with van der Waals surface area (Å²) in [6.45, 7) is 0.545. The minimum Gasteiger partial charge on any atom is -0.481 e. The molecular formula is C22H20F7NO2. The fourth-order valence-electron chi connectivity index (χ4n) is 4.11. The van der Waals surface area contributed by atoms with Gasteiger partial charge in [0.05, 0.1) is 11.1 Å². The molecule has 1 saturated heterocycles. The Morgan fingerprint density at radius 2 is 1.53 bits per heavy atom. The second kappa shape index (κ2) is 9.09. The molecule has 2 aromatic carbocycles. The van der Waals surface area contributed by atoms with Crippen molar-refractivity contribution in [3.05, 3.63) is 70.5 Å². The van der Waals surface area contributed by atoms with Gasteiger partial charge in [-0.1, -0.05) is 18.2 Å². The lowest BCUT2D eigenvalue weighted by atomic mass is 9.82. The SMILES string of the molecule is O=C(O)CC1CC(c2ccc(C(F)(F)F)cc2)CN(Cc2ccc(C(F)(F)F)cc2F)C1. The third-order valence-corrected chi connectivity index (χ3v) is 5.56. The molecule has 174 valence electrons. The largest absolute Gasteiger partial charge is 0.481 e. The second-order valence-corrected chi connectivity index (χ2v) is 8.01. The van der Waals surface area contributed by atoms with Gasteiger partial charge in [0.1, 0.15) is 5.82 Å². The van der Waals surface area contributed by atoms with Crippen molar-refractivity contribution >= 4 is 5.97 Å². The number of nitrogens with zero attached hydrogens (tertiary/aromatic N) is 1. The van der Waals surface area contributed by atoms with Crippen LogP contribution in [0.3, 0.4) is 0 Å². The Bertz CT molecular complexity index is 954. The normalized spacial score (nSPS) is 20.3. The van der Waals surface area contributed by atoms with Crippen molar-refractivity contribution in [3.8, 4) is 0 Å². The fourth-order valence-corrected chi connectivity index (χ4v) is 4.11. The quantitative estimate of drug-likeness (QED) is 0.558. The van der Waals surface area contributed by atoms with E-state index in [-0.39, 0.29) is 36.9 Å². The van der Waals surface area contributed by atoms with Gasteiger partial charge in [-0.25, -0.2) is 4.39 Å². The number of halogens is 7. The van der Waals surface area contributed by atoms with Crippen LogP contribution in [0.5, 0.6) is 0 Å². The first-order chi connectivity index (χ1) is 14.8. The van der Waals surface area contributed by atoms with Crippen LogP contribution in [0.15, 0.2) is 42.5 Å². The minimum atomic E-state index is -4.68. The van der Waals surface area contributed by atoms with Crippen molar-refractivity contribution in [2.24, 2.45) is 5.92 Å². The molecule has 0 saturated carbocycles. The van der Waals surface area contributed by atoms with E-state index in [1.165, 1.54) is 12.1 Å². The maximum absolute atomic E-state index is 14.3. The highest BCUT2D eigenvalue weighted by molar-refractivity contribution is 5.67. The van der Waals surface area contributed by atoms with Crippen molar-refractivity contribution in [3.63, 3.8) is 0 Å². The molecule has 2 aromatic rings. The lowest BCUT2D eigenvalue weighted by molar-refractivity contribution is -0.139. The standard InChI is InChI=1S/C22H20F7NO2/c23-19-9-18(22(27,28)29)6-3-15(19)11-30-10-13(8-20(31)32)7-16(12-30)14-1-4-17(5-2-14)21(24,25)26/h1-6,9,13,16H,7-8,10-12H2,(H,31,32). The summed E-state index contributed by atoms with van der Waals surface area (Å²) in [4.78, 5) is 12.9. The highest BCUT2D eigenvalue weighted by atomic mass is 19.4. The zero-order valence-electron chi connectivity index (χ0n) is 16.7. The van der Waals surface area contributed by atoms with E-state index >= 15 is 0 Å². The molecule has 10 heteroatoms. The predicted molar refractivity (Wildman–Crippen MR) is 101 cm³/mol. The summed E-state index contributed by atoms with van der Waals surface area (Å²) in [6, 6.07) is 6.84. The number of alkyl halides is 6. The van der Waals surface area contributed by atoms with E-state index in [1.54, 1.807) is 4.90 Å². The smallest absolute Gasteiger partial charge is 0.416 e. The van der Waals surface area contributed by atoms with E-state index in [0.29, 0.717) is 24.6 Å². The molecular weight excluding hydrogens is 443 g/mol. The van der Waals surface area contributed by atoms with E-state index in [0.717, 1.165) is 24.3 Å². The van der Waals surface area contributed by atoms with Crippen LogP contribution in [-0.2, 0) is 23.7 Å². The molecule has 0 amide bonds. The number of carbonyl (C=O) groups is 1. The topological polar surface area (TPSA) is 40.5 Å². The molecule has 0 spiro atoms. The van der Waals surface area contributed by atoms with Crippen LogP contribution in [0, 0.1) is 11.7 Å². The van der Waals surface area contributed by atoms with Crippen molar-refractivity contribution in [1.29, 1.82) is 0 Å². The number of likely N-dealkylation sites (tertiary alicyclic amines) is 1. The Morgan fingerprint density at radius 3 is 2.06 bits per heavy atom. The molecule has 2 atom stereocenters. The Balaban J connectivity index is 1.81. The Kier molecular flexibility index (Phi) is 6.83. The predicted octanol–water partition coefficient (Wildman–Crippen LogP) is 5.94. The summed E-state index contributed by atoms with van der Waals surface area (Å²) in [5, 5.41) is 9.17. The van der Waals surface area contributed by atoms with Crippen LogP contribution >= 0.6 is 0 Å². The summed E-state index contributed by atoms with van der Waals surface area (Å²) in [6.07, 6.45) is -8.92. The lowest BCUT2D eigenvalue weighted by Gasteiger charge is -2.38. The molecule has 1 heterocycles. The number of piperidine rings is 1. The molecule has 1 aliphatic heterocycles. The molecule has 0 radical (unpaired) electrons. The summed E-state index contributed by atoms with van der Waals surface area (Å²) in [5.41, 5.74) is -1.29. The minimum absolute atomic E-state index is 0.0279. The Labute approximate surface area is 179 Å². The van der Waals surface area contributed by atoms with Crippen LogP contribution in [0.2, 0.25) is 0 Å². The third-order valence-electron chi connectivity index (χ3n) is 5.56. The van der Waals surface area contributed by atoms with Gasteiger partial charge in [-0.2, -0.15) is 26.3 Å². The van der Waals surface area contributed by atoms with Crippen molar-refractivity contribution in [2.45, 2.75) is 37.7 Å². The summed E-state index contributed by atoms with van der Waals surface area (Å²) < 4.78 is 91.1. The van der Waals surface area contributed by atoms with Gasteiger partial charge < -0.3 is 5.11 Å². The molecule has 0 aromatic heterocycles. The van der Waals surface area contributed by atoms with Gasteiger partial charge in [-0.3, -0.25) is 9.69 Å². The van der Waals surface area contributed by atoms with Gasteiger partial charge in [0, 0.05) is 31.6 Å². The first-order valence-corrected chi connectivity index (χ1v) is 9.80. The number of carboxylic acids is 1. The second-order valence-electron chi connectivity index (χ2n) is 8.01. The first kappa shape index (κ1) is 24.0. The average Bonchev–Trinajstić information content (AvgIpc) is 2.67. The molecule has 0 aliphatic carbocycles. The molecule has 0 bridgehead atoms. The monoisotopic (exact) mass is 463 g/mol. The van der Waals surface area contributed by atoms with E-state index < -0.39 is 35.3 Å². The van der Waals surface area contributed by atoms with Crippen LogP contribution in [0.1, 0.15) is 41.0 Å². The van der Waals surface area contributed by atoms with E-state index in [2.05, 4.69) is 0 Å². The van der Waals surface area contributed by atoms with Crippen LogP contribution in [0.4, 0.5) is 30.7 Å². The number of hydrogen-bond acceptors (Lipinski definition) is 2. The fraction of sp³-hybridized carbons (Fsp3) is 0.409. The van der Waals surface area contributed by atoms with Gasteiger partial charge >= 0.3 is 18.3 Å². The Morgan fingerprint density at radius 1 is 0.938 bits per heavy atom. The summed E-state index contributed by atoms with van der Waals surface area (Å²) in [7, 11) is 0. The van der Waals surface area contributed by atoms with E-state index in [9.17, 15) is 35.5 Å². The van der Waals surface area contributed by atoms with Crippen molar-refractivity contribution in [1.82, 2.24) is 4.90 Å². The molecule has 3 rings (SSSR count). The first-order valence-electron chi connectivity index (χ1n) is 9.80. The van der Waals surface area contributed by atoms with Crippen LogP contribution < -0.4 is 0 Å². The molecule has 1 aliphatic rings. The molecule has 1 fully saturated rings. The van der Waals surface area contributed by atoms with Crippen LogP contribution in [-0.4, -0.2) is 29.1 Å². The van der Waals surface area contributed by atoms with Gasteiger partial charge in [-0.05, 0) is 48.1 Å². The zero-order chi connectivity index (χ0) is 23.7. The van der Waals surface area contributed by atoms with Crippen molar-refractivity contribution in [2.75, 3.05) is 13.1 Å². The third kappa shape index (κ3) is 5.99. The van der Waals surface area contributed by atoms with Gasteiger partial charge in [0.15, 0.2) is 0 Å². The maximum atomic E-state index is 14.3. The highest BCUT2D eigenvalue weighted by Gasteiger charge is 2.34. The average molecular weight is 463 g/mol. The number of carboxylic acid groups (broad SMARTS) is 1. The van der Waals surface area contributed by atoms with Gasteiger partial charge in [0.2, 0.25) is 0 Å². The zero-order valence-corrected chi connectivity index (χ0v) is 16.7. The molecule has 1 N–H and O–H groups in total. The molecule has 2 unspecified atom stereocenters. The molecule has 3 nitrogen and oxygen atoms in total. The number of benzene rings is 2. The number of aliphatic carboxylic acids is 1. The lowest BCUT2D eigenvalue weighted by Crippen LogP contribution is -2.40. The van der Waals surface area contributed by atoms with Gasteiger partial charge in [0.25, 0.3) is 0 Å². The van der Waals surface area contributed by atoms with Crippen molar-refractivity contribution < 1.29 is 40.6 Å². The molecule has 32 heavy (non-hydrogen) atoms. The Hall–Kier alpha value is -2.62. The van der Waals surface area contributed by atoms with Crippen LogP contribution in [0.25, 0.3) is 0 Å². The van der Waals surface area contributed by atoms with Gasteiger partial charge in [-0.15, -0.1) is 0 Å². The highest BCUT2D eigenvalue weighted by Crippen LogP contribution is 2.36. The van der Waals surface area contributed by atoms with E-state index in [4.69, 9.17) is 5.11 Å². The number of hydrogen-bond donors (Lipinski definition) is 1.